The van der Waals surface area contributed by atoms with Crippen molar-refractivity contribution in [1.29, 1.82) is 0 Å². The number of aryl methyl sites for hydroxylation is 2. The molecule has 0 spiro atoms. The fourth-order valence-electron chi connectivity index (χ4n) is 3.74. The number of carbonyl (C=O) groups is 1. The summed E-state index contributed by atoms with van der Waals surface area (Å²) in [5.41, 5.74) is 1.23. The van der Waals surface area contributed by atoms with Crippen LogP contribution in [0.4, 0.5) is 0 Å². The second-order valence-electron chi connectivity index (χ2n) is 7.66. The van der Waals surface area contributed by atoms with Crippen molar-refractivity contribution in [2.45, 2.75) is 70.2 Å². The van der Waals surface area contributed by atoms with Gasteiger partial charge in [-0.3, -0.25) is 4.79 Å². The van der Waals surface area contributed by atoms with Crippen molar-refractivity contribution in [3.8, 4) is 0 Å². The minimum Gasteiger partial charge on any atom is -0.481 e. The van der Waals surface area contributed by atoms with E-state index in [-0.39, 0.29) is 18.3 Å². The van der Waals surface area contributed by atoms with E-state index in [1.165, 1.54) is 10.4 Å². The molecule has 0 saturated heterocycles. The Morgan fingerprint density at radius 3 is 2.79 bits per heavy atom. The summed E-state index contributed by atoms with van der Waals surface area (Å²) in [6.07, 6.45) is 9.62. The van der Waals surface area contributed by atoms with Crippen LogP contribution >= 0.6 is 11.3 Å². The van der Waals surface area contributed by atoms with Gasteiger partial charge in [0.25, 0.3) is 0 Å². The third kappa shape index (κ3) is 7.51. The summed E-state index contributed by atoms with van der Waals surface area (Å²) in [6, 6.07) is 2.14. The molecular weight excluding hydrogens is 376 g/mol. The van der Waals surface area contributed by atoms with Gasteiger partial charge in [-0.15, -0.1) is 11.3 Å². The molecule has 0 aliphatic heterocycles. The lowest BCUT2D eigenvalue weighted by atomic mass is 9.89. The number of aliphatic hydroxyl groups is 3. The lowest BCUT2D eigenvalue weighted by molar-refractivity contribution is -0.137. The lowest BCUT2D eigenvalue weighted by Crippen LogP contribution is -2.20. The summed E-state index contributed by atoms with van der Waals surface area (Å²) in [6.45, 7) is 2.07. The number of thiophene rings is 1. The molecule has 5 atom stereocenters. The molecule has 5 nitrogen and oxygen atoms in total. The number of hydrogen-bond donors (Lipinski definition) is 4. The molecular formula is C22H32O5S. The topological polar surface area (TPSA) is 98.0 Å². The molecule has 156 valence electrons. The van der Waals surface area contributed by atoms with E-state index >= 15 is 0 Å². The number of rotatable bonds is 11. The highest BCUT2D eigenvalue weighted by Crippen LogP contribution is 2.36. The molecule has 28 heavy (non-hydrogen) atoms. The van der Waals surface area contributed by atoms with Crippen LogP contribution in [-0.2, 0) is 11.2 Å². The third-order valence-corrected chi connectivity index (χ3v) is 6.23. The Morgan fingerprint density at radius 2 is 2.11 bits per heavy atom. The smallest absolute Gasteiger partial charge is 0.303 e. The predicted molar refractivity (Wildman–Crippen MR) is 111 cm³/mol. The Morgan fingerprint density at radius 1 is 1.32 bits per heavy atom. The number of aliphatic hydroxyl groups excluding tert-OH is 3. The van der Waals surface area contributed by atoms with Gasteiger partial charge in [0.15, 0.2) is 0 Å². The molecule has 0 amide bonds. The van der Waals surface area contributed by atoms with Crippen molar-refractivity contribution in [1.82, 2.24) is 0 Å². The maximum Gasteiger partial charge on any atom is 0.303 e. The predicted octanol–water partition coefficient (Wildman–Crippen LogP) is 3.47. The van der Waals surface area contributed by atoms with Crippen molar-refractivity contribution < 1.29 is 25.2 Å². The molecule has 0 aromatic carbocycles. The first-order chi connectivity index (χ1) is 13.4. The normalized spacial score (nSPS) is 26.4. The van der Waals surface area contributed by atoms with E-state index in [1.807, 2.05) is 18.2 Å². The maximum atomic E-state index is 10.5. The maximum absolute atomic E-state index is 10.5. The average molecular weight is 409 g/mol. The van der Waals surface area contributed by atoms with Crippen molar-refractivity contribution >= 4 is 17.3 Å². The van der Waals surface area contributed by atoms with E-state index in [2.05, 4.69) is 18.4 Å². The van der Waals surface area contributed by atoms with E-state index in [9.17, 15) is 20.1 Å². The molecule has 1 fully saturated rings. The van der Waals surface area contributed by atoms with Crippen LogP contribution in [0.5, 0.6) is 0 Å². The number of hydrogen-bond acceptors (Lipinski definition) is 5. The summed E-state index contributed by atoms with van der Waals surface area (Å²) in [7, 11) is 0. The second-order valence-corrected chi connectivity index (χ2v) is 8.78. The minimum atomic E-state index is -0.791. The summed E-state index contributed by atoms with van der Waals surface area (Å²) in [5.74, 6) is -1.06. The first-order valence-electron chi connectivity index (χ1n) is 10.00. The SMILES string of the molecule is Cc1cc(CC[C@H](O)C=C[C@@H]2[C@@H](CC=CCCCC(=O)O)[C@@H](O)C[C@H]2O)cs1. The largest absolute Gasteiger partial charge is 0.481 e. The molecule has 1 heterocycles. The number of carboxylic acid groups (broad SMARTS) is 1. The minimum absolute atomic E-state index is 0.0892. The Labute approximate surface area is 171 Å². The Bertz CT molecular complexity index is 666. The van der Waals surface area contributed by atoms with Gasteiger partial charge in [0.1, 0.15) is 0 Å². The molecule has 4 N–H and O–H groups in total. The van der Waals surface area contributed by atoms with Crippen LogP contribution in [0, 0.1) is 18.8 Å². The van der Waals surface area contributed by atoms with Crippen LogP contribution in [0.15, 0.2) is 35.8 Å². The first kappa shape index (κ1) is 22.8. The molecule has 1 aliphatic carbocycles. The molecule has 1 aromatic heterocycles. The van der Waals surface area contributed by atoms with Gasteiger partial charge in [-0.25, -0.2) is 0 Å². The van der Waals surface area contributed by atoms with Gasteiger partial charge in [-0.2, -0.15) is 0 Å². The van der Waals surface area contributed by atoms with E-state index in [0.29, 0.717) is 32.1 Å². The summed E-state index contributed by atoms with van der Waals surface area (Å²) < 4.78 is 0. The summed E-state index contributed by atoms with van der Waals surface area (Å²) in [4.78, 5) is 11.8. The highest BCUT2D eigenvalue weighted by molar-refractivity contribution is 7.10. The van der Waals surface area contributed by atoms with Crippen molar-refractivity contribution in [2.24, 2.45) is 11.8 Å². The zero-order valence-corrected chi connectivity index (χ0v) is 17.2. The van der Waals surface area contributed by atoms with Crippen LogP contribution in [-0.4, -0.2) is 44.7 Å². The quantitative estimate of drug-likeness (QED) is 0.332. The van der Waals surface area contributed by atoms with Crippen LogP contribution in [0.2, 0.25) is 0 Å². The Kier molecular flexibility index (Phi) is 9.38. The van der Waals surface area contributed by atoms with Gasteiger partial charge in [0.2, 0.25) is 0 Å². The number of unbranched alkanes of at least 4 members (excludes halogenated alkanes) is 1. The molecule has 1 aliphatic rings. The average Bonchev–Trinajstić information content (AvgIpc) is 3.16. The van der Waals surface area contributed by atoms with Crippen LogP contribution in [0.25, 0.3) is 0 Å². The molecule has 0 unspecified atom stereocenters. The molecule has 1 saturated carbocycles. The number of aliphatic carboxylic acids is 1. The fraction of sp³-hybridized carbons (Fsp3) is 0.591. The van der Waals surface area contributed by atoms with Crippen LogP contribution in [0.1, 0.15) is 49.0 Å². The van der Waals surface area contributed by atoms with E-state index < -0.39 is 24.3 Å². The Hall–Kier alpha value is -1.47. The zero-order valence-electron chi connectivity index (χ0n) is 16.4. The monoisotopic (exact) mass is 408 g/mol. The van der Waals surface area contributed by atoms with Crippen molar-refractivity contribution in [2.75, 3.05) is 0 Å². The summed E-state index contributed by atoms with van der Waals surface area (Å²) in [5, 5.41) is 41.5. The van der Waals surface area contributed by atoms with Gasteiger partial charge in [-0.05, 0) is 62.0 Å². The first-order valence-corrected chi connectivity index (χ1v) is 10.9. The summed E-state index contributed by atoms with van der Waals surface area (Å²) >= 11 is 1.71. The van der Waals surface area contributed by atoms with Gasteiger partial charge in [-0.1, -0.05) is 24.3 Å². The molecule has 0 bridgehead atoms. The van der Waals surface area contributed by atoms with Gasteiger partial charge in [0, 0.05) is 23.6 Å². The van der Waals surface area contributed by atoms with Crippen LogP contribution in [0.3, 0.4) is 0 Å². The van der Waals surface area contributed by atoms with E-state index in [1.54, 1.807) is 17.4 Å². The molecule has 1 aromatic rings. The second kappa shape index (κ2) is 11.5. The van der Waals surface area contributed by atoms with Gasteiger partial charge < -0.3 is 20.4 Å². The molecule has 2 rings (SSSR count). The molecule has 0 radical (unpaired) electrons. The van der Waals surface area contributed by atoms with E-state index in [0.717, 1.165) is 6.42 Å². The lowest BCUT2D eigenvalue weighted by Gasteiger charge is -2.19. The number of allylic oxidation sites excluding steroid dienone is 2. The molecule has 6 heteroatoms. The Balaban J connectivity index is 1.81. The van der Waals surface area contributed by atoms with Crippen molar-refractivity contribution in [3.63, 3.8) is 0 Å². The van der Waals surface area contributed by atoms with E-state index in [4.69, 9.17) is 5.11 Å². The highest BCUT2D eigenvalue weighted by Gasteiger charge is 2.39. The number of carboxylic acids is 1. The highest BCUT2D eigenvalue weighted by atomic mass is 32.1. The van der Waals surface area contributed by atoms with Gasteiger partial charge >= 0.3 is 5.97 Å². The fourth-order valence-corrected chi connectivity index (χ4v) is 4.49. The van der Waals surface area contributed by atoms with Gasteiger partial charge in [0.05, 0.1) is 18.3 Å². The van der Waals surface area contributed by atoms with Crippen molar-refractivity contribution in [3.05, 3.63) is 46.2 Å². The third-order valence-electron chi connectivity index (χ3n) is 5.32. The standard InChI is InChI=1S/C22H32O5S/c1-15-12-16(14-28-15)8-9-17(23)10-11-19-18(20(24)13-21(19)25)6-4-2-3-5-7-22(26)27/h2,4,10-12,14,17-21,23-25H,3,5-9,13H2,1H3,(H,26,27)/t17-,18+,19+,20-,21+/m0/s1. The zero-order chi connectivity index (χ0) is 20.5. The van der Waals surface area contributed by atoms with Crippen LogP contribution < -0.4 is 0 Å².